The molecule has 2 aromatic rings. The molecule has 0 radical (unpaired) electrons. The SMILES string of the molecule is Cc1ccc(CC(=O)N2CCC3(CC2)CC(NC(=O)c2cnn(C)c2)C3)cc1. The van der Waals surface area contributed by atoms with E-state index in [-0.39, 0.29) is 17.9 Å². The molecule has 1 aromatic heterocycles. The lowest BCUT2D eigenvalue weighted by Crippen LogP contribution is -2.55. The first kappa shape index (κ1) is 18.7. The number of hydrogen-bond donors (Lipinski definition) is 1. The molecule has 4 rings (SSSR count). The largest absolute Gasteiger partial charge is 0.349 e. The predicted molar refractivity (Wildman–Crippen MR) is 107 cm³/mol. The van der Waals surface area contributed by atoms with Gasteiger partial charge >= 0.3 is 0 Å². The van der Waals surface area contributed by atoms with E-state index in [1.807, 2.05) is 24.1 Å². The summed E-state index contributed by atoms with van der Waals surface area (Å²) in [6.07, 6.45) is 7.91. The average molecular weight is 380 g/mol. The fourth-order valence-corrected chi connectivity index (χ4v) is 4.53. The molecule has 0 unspecified atom stereocenters. The van der Waals surface area contributed by atoms with Crippen LogP contribution in [0.1, 0.15) is 47.2 Å². The van der Waals surface area contributed by atoms with Gasteiger partial charge in [0.1, 0.15) is 0 Å². The molecule has 2 heterocycles. The molecule has 1 aliphatic carbocycles. The van der Waals surface area contributed by atoms with Crippen molar-refractivity contribution in [1.29, 1.82) is 0 Å². The number of likely N-dealkylation sites (tertiary alicyclic amines) is 1. The Morgan fingerprint density at radius 1 is 1.18 bits per heavy atom. The van der Waals surface area contributed by atoms with Gasteiger partial charge < -0.3 is 10.2 Å². The molecular weight excluding hydrogens is 352 g/mol. The quantitative estimate of drug-likeness (QED) is 0.886. The van der Waals surface area contributed by atoms with Crippen LogP contribution in [0.2, 0.25) is 0 Å². The first-order valence-corrected chi connectivity index (χ1v) is 10.1. The van der Waals surface area contributed by atoms with E-state index in [0.717, 1.165) is 44.3 Å². The number of nitrogens with one attached hydrogen (secondary N) is 1. The van der Waals surface area contributed by atoms with Crippen molar-refractivity contribution in [1.82, 2.24) is 20.0 Å². The Labute approximate surface area is 165 Å². The van der Waals surface area contributed by atoms with E-state index in [1.165, 1.54) is 5.56 Å². The van der Waals surface area contributed by atoms with Gasteiger partial charge in [-0.1, -0.05) is 29.8 Å². The average Bonchev–Trinajstić information content (AvgIpc) is 3.09. The summed E-state index contributed by atoms with van der Waals surface area (Å²) < 4.78 is 1.64. The molecular formula is C22H28N4O2. The minimum absolute atomic E-state index is 0.0429. The number of carbonyl (C=O) groups excluding carboxylic acids is 2. The van der Waals surface area contributed by atoms with Gasteiger partial charge in [0.05, 0.1) is 18.2 Å². The fraction of sp³-hybridized carbons (Fsp3) is 0.500. The molecule has 2 aliphatic rings. The highest BCUT2D eigenvalue weighted by Crippen LogP contribution is 2.49. The van der Waals surface area contributed by atoms with Crippen molar-refractivity contribution >= 4 is 11.8 Å². The van der Waals surface area contributed by atoms with Crippen LogP contribution in [0.3, 0.4) is 0 Å². The third-order valence-electron chi connectivity index (χ3n) is 6.31. The maximum atomic E-state index is 12.6. The van der Waals surface area contributed by atoms with Crippen molar-refractivity contribution in [3.63, 3.8) is 0 Å². The summed E-state index contributed by atoms with van der Waals surface area (Å²) in [4.78, 5) is 26.9. The summed E-state index contributed by atoms with van der Waals surface area (Å²) in [7, 11) is 1.81. The zero-order valence-electron chi connectivity index (χ0n) is 16.6. The molecule has 0 atom stereocenters. The Balaban J connectivity index is 1.23. The summed E-state index contributed by atoms with van der Waals surface area (Å²) in [6.45, 7) is 3.71. The molecule has 2 fully saturated rings. The number of piperidine rings is 1. The number of benzene rings is 1. The van der Waals surface area contributed by atoms with Gasteiger partial charge in [0, 0.05) is 32.4 Å². The minimum Gasteiger partial charge on any atom is -0.349 e. The van der Waals surface area contributed by atoms with E-state index in [9.17, 15) is 9.59 Å². The topological polar surface area (TPSA) is 67.2 Å². The van der Waals surface area contributed by atoms with Crippen molar-refractivity contribution < 1.29 is 9.59 Å². The van der Waals surface area contributed by atoms with Gasteiger partial charge in [0.15, 0.2) is 0 Å². The van der Waals surface area contributed by atoms with E-state index in [2.05, 4.69) is 29.5 Å². The van der Waals surface area contributed by atoms with E-state index in [4.69, 9.17) is 0 Å². The summed E-state index contributed by atoms with van der Waals surface area (Å²) in [5.41, 5.74) is 3.21. The van der Waals surface area contributed by atoms with Gasteiger partial charge in [-0.2, -0.15) is 5.10 Å². The lowest BCUT2D eigenvalue weighted by atomic mass is 9.60. The van der Waals surface area contributed by atoms with Gasteiger partial charge in [-0.05, 0) is 43.6 Å². The summed E-state index contributed by atoms with van der Waals surface area (Å²) >= 11 is 0. The standard InChI is InChI=1S/C22H28N4O2/c1-16-3-5-17(6-4-16)11-20(27)26-9-7-22(8-10-26)12-19(13-22)24-21(28)18-14-23-25(2)15-18/h3-6,14-15,19H,7-13H2,1-2H3,(H,24,28). The Bertz CT molecular complexity index is 855. The fourth-order valence-electron chi connectivity index (χ4n) is 4.53. The van der Waals surface area contributed by atoms with E-state index >= 15 is 0 Å². The van der Waals surface area contributed by atoms with Crippen LogP contribution in [0, 0.1) is 12.3 Å². The van der Waals surface area contributed by atoms with Crippen LogP contribution in [0.25, 0.3) is 0 Å². The van der Waals surface area contributed by atoms with E-state index < -0.39 is 0 Å². The Hall–Kier alpha value is -2.63. The number of amides is 2. The first-order valence-electron chi connectivity index (χ1n) is 10.1. The molecule has 1 aromatic carbocycles. The van der Waals surface area contributed by atoms with Crippen molar-refractivity contribution in [2.45, 2.75) is 45.1 Å². The smallest absolute Gasteiger partial charge is 0.254 e. The van der Waals surface area contributed by atoms with Crippen LogP contribution >= 0.6 is 0 Å². The highest BCUT2D eigenvalue weighted by atomic mass is 16.2. The number of rotatable bonds is 4. The summed E-state index contributed by atoms with van der Waals surface area (Å²) in [5.74, 6) is 0.179. The van der Waals surface area contributed by atoms with Crippen LogP contribution in [0.5, 0.6) is 0 Å². The molecule has 28 heavy (non-hydrogen) atoms. The summed E-state index contributed by atoms with van der Waals surface area (Å²) in [5, 5.41) is 7.17. The molecule has 6 nitrogen and oxygen atoms in total. The second kappa shape index (κ2) is 7.41. The number of aromatic nitrogens is 2. The number of nitrogens with zero attached hydrogens (tertiary/aromatic N) is 3. The lowest BCUT2D eigenvalue weighted by Gasteiger charge is -2.52. The number of carbonyl (C=O) groups is 2. The van der Waals surface area contributed by atoms with Crippen LogP contribution in [0.15, 0.2) is 36.7 Å². The molecule has 2 amide bonds. The van der Waals surface area contributed by atoms with Crippen LogP contribution in [-0.2, 0) is 18.3 Å². The molecule has 6 heteroatoms. The van der Waals surface area contributed by atoms with E-state index in [1.54, 1.807) is 17.1 Å². The first-order chi connectivity index (χ1) is 13.4. The van der Waals surface area contributed by atoms with Crippen molar-refractivity contribution in [3.8, 4) is 0 Å². The normalized spacial score (nSPS) is 18.7. The zero-order chi connectivity index (χ0) is 19.7. The molecule has 0 bridgehead atoms. The molecule has 1 saturated heterocycles. The molecule has 1 N–H and O–H groups in total. The van der Waals surface area contributed by atoms with Gasteiger partial charge in [0.2, 0.25) is 5.91 Å². The highest BCUT2D eigenvalue weighted by molar-refractivity contribution is 5.93. The van der Waals surface area contributed by atoms with Crippen molar-refractivity contribution in [2.75, 3.05) is 13.1 Å². The Morgan fingerprint density at radius 3 is 2.46 bits per heavy atom. The molecule has 148 valence electrons. The predicted octanol–water partition coefficient (Wildman–Crippen LogP) is 2.47. The monoisotopic (exact) mass is 380 g/mol. The van der Waals surface area contributed by atoms with Crippen LogP contribution in [-0.4, -0.2) is 45.6 Å². The maximum Gasteiger partial charge on any atom is 0.254 e. The molecule has 1 aliphatic heterocycles. The highest BCUT2D eigenvalue weighted by Gasteiger charge is 2.46. The third-order valence-corrected chi connectivity index (χ3v) is 6.31. The van der Waals surface area contributed by atoms with Gasteiger partial charge in [-0.15, -0.1) is 0 Å². The van der Waals surface area contributed by atoms with Gasteiger partial charge in [-0.3, -0.25) is 14.3 Å². The van der Waals surface area contributed by atoms with Gasteiger partial charge in [0.25, 0.3) is 5.91 Å². The number of aryl methyl sites for hydroxylation is 2. The Kier molecular flexibility index (Phi) is 4.96. The summed E-state index contributed by atoms with van der Waals surface area (Å²) in [6, 6.07) is 8.44. The van der Waals surface area contributed by atoms with Crippen LogP contribution in [0.4, 0.5) is 0 Å². The molecule has 1 spiro atoms. The second-order valence-corrected chi connectivity index (χ2v) is 8.52. The van der Waals surface area contributed by atoms with Crippen molar-refractivity contribution in [2.24, 2.45) is 12.5 Å². The Morgan fingerprint density at radius 2 is 1.86 bits per heavy atom. The van der Waals surface area contributed by atoms with Gasteiger partial charge in [-0.25, -0.2) is 0 Å². The maximum absolute atomic E-state index is 12.6. The second-order valence-electron chi connectivity index (χ2n) is 8.52. The molecule has 1 saturated carbocycles. The van der Waals surface area contributed by atoms with Crippen molar-refractivity contribution in [3.05, 3.63) is 53.3 Å². The van der Waals surface area contributed by atoms with Crippen LogP contribution < -0.4 is 5.32 Å². The van der Waals surface area contributed by atoms with E-state index in [0.29, 0.717) is 17.4 Å². The minimum atomic E-state index is -0.0429. The lowest BCUT2D eigenvalue weighted by molar-refractivity contribution is -0.134. The third kappa shape index (κ3) is 3.96. The number of hydrogen-bond acceptors (Lipinski definition) is 3. The zero-order valence-corrected chi connectivity index (χ0v) is 16.6.